The summed E-state index contributed by atoms with van der Waals surface area (Å²) in [5, 5.41) is 6.65. The first-order valence-corrected chi connectivity index (χ1v) is 10.9. The van der Waals surface area contributed by atoms with Crippen LogP contribution in [0.1, 0.15) is 42.7 Å². The number of hydrogen-bond donors (Lipinski definition) is 1. The Balaban J connectivity index is 1.56. The minimum Gasteiger partial charge on any atom is -0.465 e. The molecule has 0 radical (unpaired) electrons. The van der Waals surface area contributed by atoms with E-state index in [1.165, 1.54) is 4.31 Å². The Morgan fingerprint density at radius 2 is 1.96 bits per heavy atom. The van der Waals surface area contributed by atoms with Crippen LogP contribution in [0.2, 0.25) is 0 Å². The van der Waals surface area contributed by atoms with Gasteiger partial charge in [-0.15, -0.1) is 0 Å². The molecule has 1 aliphatic rings. The summed E-state index contributed by atoms with van der Waals surface area (Å²) in [6.07, 6.45) is 1.27. The monoisotopic (exact) mass is 409 g/mol. The molecule has 3 rings (SSSR count). The molecule has 28 heavy (non-hydrogen) atoms. The van der Waals surface area contributed by atoms with Crippen LogP contribution in [0.4, 0.5) is 0 Å². The first kappa shape index (κ1) is 20.6. The van der Waals surface area contributed by atoms with Gasteiger partial charge in [-0.05, 0) is 51.7 Å². The van der Waals surface area contributed by atoms with E-state index in [2.05, 4.69) is 10.5 Å². The molecule has 0 saturated carbocycles. The van der Waals surface area contributed by atoms with Gasteiger partial charge in [0.2, 0.25) is 15.9 Å². The van der Waals surface area contributed by atoms with Crippen LogP contribution in [0.5, 0.6) is 0 Å². The molecular weight excluding hydrogens is 382 g/mol. The Bertz CT molecular complexity index is 919. The predicted octanol–water partition coefficient (Wildman–Crippen LogP) is 2.55. The minimum atomic E-state index is -3.63. The second-order valence-electron chi connectivity index (χ2n) is 7.41. The molecule has 2 aromatic heterocycles. The van der Waals surface area contributed by atoms with Gasteiger partial charge in [-0.2, -0.15) is 4.31 Å². The number of aryl methyl sites for hydroxylation is 3. The summed E-state index contributed by atoms with van der Waals surface area (Å²) >= 11 is 0. The zero-order chi connectivity index (χ0) is 20.5. The largest absolute Gasteiger partial charge is 0.465 e. The lowest BCUT2D eigenvalue weighted by molar-refractivity contribution is -0.126. The number of carbonyl (C=O) groups is 1. The summed E-state index contributed by atoms with van der Waals surface area (Å²) in [5.41, 5.74) is 0.375. The second kappa shape index (κ2) is 8.08. The zero-order valence-corrected chi connectivity index (χ0v) is 17.5. The van der Waals surface area contributed by atoms with Crippen LogP contribution in [-0.2, 0) is 21.4 Å². The highest BCUT2D eigenvalue weighted by atomic mass is 32.2. The van der Waals surface area contributed by atoms with Crippen molar-refractivity contribution in [2.45, 2.75) is 52.0 Å². The van der Waals surface area contributed by atoms with Gasteiger partial charge in [0.15, 0.2) is 5.76 Å². The summed E-state index contributed by atoms with van der Waals surface area (Å²) in [7, 11) is -3.63. The highest BCUT2D eigenvalue weighted by molar-refractivity contribution is 7.89. The van der Waals surface area contributed by atoms with Crippen LogP contribution in [0.3, 0.4) is 0 Å². The van der Waals surface area contributed by atoms with Gasteiger partial charge in [-0.1, -0.05) is 12.1 Å². The van der Waals surface area contributed by atoms with Gasteiger partial charge in [0.1, 0.15) is 22.1 Å². The fourth-order valence-electron chi connectivity index (χ4n) is 3.72. The van der Waals surface area contributed by atoms with Crippen LogP contribution >= 0.6 is 0 Å². The first-order valence-electron chi connectivity index (χ1n) is 9.46. The summed E-state index contributed by atoms with van der Waals surface area (Å²) in [6, 6.07) is 3.71. The molecule has 2 aromatic rings. The van der Waals surface area contributed by atoms with E-state index in [0.717, 1.165) is 11.5 Å². The first-order chi connectivity index (χ1) is 13.2. The normalized spacial score (nSPS) is 17.6. The highest BCUT2D eigenvalue weighted by Crippen LogP contribution is 2.30. The molecular formula is C19H27N3O5S. The lowest BCUT2D eigenvalue weighted by atomic mass is 9.85. The molecule has 0 aliphatic carbocycles. The Morgan fingerprint density at radius 3 is 2.50 bits per heavy atom. The molecule has 0 bridgehead atoms. The van der Waals surface area contributed by atoms with E-state index in [1.807, 2.05) is 26.0 Å². The third-order valence-corrected chi connectivity index (χ3v) is 7.56. The number of aromatic nitrogens is 1. The van der Waals surface area contributed by atoms with Crippen molar-refractivity contribution in [1.82, 2.24) is 14.8 Å². The van der Waals surface area contributed by atoms with Gasteiger partial charge in [-0.3, -0.25) is 4.79 Å². The molecule has 0 aromatic carbocycles. The van der Waals surface area contributed by atoms with Gasteiger partial charge in [0.25, 0.3) is 0 Å². The Labute approximate surface area is 165 Å². The molecule has 1 atom stereocenters. The number of rotatable bonds is 6. The Hall–Kier alpha value is -2.13. The fraction of sp³-hybridized carbons (Fsp3) is 0.579. The van der Waals surface area contributed by atoms with Crippen molar-refractivity contribution >= 4 is 15.9 Å². The number of amides is 1. The maximum absolute atomic E-state index is 12.9. The van der Waals surface area contributed by atoms with Crippen LogP contribution in [0, 0.1) is 32.6 Å². The topological polar surface area (TPSA) is 106 Å². The number of nitrogens with zero attached hydrogens (tertiary/aromatic N) is 2. The molecule has 1 N–H and O–H groups in total. The van der Waals surface area contributed by atoms with E-state index in [0.29, 0.717) is 43.9 Å². The van der Waals surface area contributed by atoms with E-state index >= 15 is 0 Å². The quantitative estimate of drug-likeness (QED) is 0.786. The van der Waals surface area contributed by atoms with Crippen LogP contribution < -0.4 is 5.32 Å². The third-order valence-electron chi connectivity index (χ3n) is 5.42. The lowest BCUT2D eigenvalue weighted by Gasteiger charge is -2.33. The van der Waals surface area contributed by atoms with Crippen LogP contribution in [0.15, 0.2) is 26.0 Å². The number of hydrogen-bond acceptors (Lipinski definition) is 6. The van der Waals surface area contributed by atoms with Crippen molar-refractivity contribution in [1.29, 1.82) is 0 Å². The molecule has 0 unspecified atom stereocenters. The molecule has 1 amide bonds. The van der Waals surface area contributed by atoms with Crippen molar-refractivity contribution in [3.05, 3.63) is 35.1 Å². The van der Waals surface area contributed by atoms with Gasteiger partial charge in [-0.25, -0.2) is 8.42 Å². The highest BCUT2D eigenvalue weighted by Gasteiger charge is 2.36. The molecule has 9 heteroatoms. The van der Waals surface area contributed by atoms with Crippen molar-refractivity contribution in [3.63, 3.8) is 0 Å². The maximum Gasteiger partial charge on any atom is 0.248 e. The molecule has 8 nitrogen and oxygen atoms in total. The van der Waals surface area contributed by atoms with Gasteiger partial charge >= 0.3 is 0 Å². The molecule has 1 saturated heterocycles. The van der Waals surface area contributed by atoms with Gasteiger partial charge in [0, 0.05) is 19.0 Å². The minimum absolute atomic E-state index is 0.0407. The molecule has 1 fully saturated rings. The average Bonchev–Trinajstić information content (AvgIpc) is 3.24. The Morgan fingerprint density at radius 1 is 1.29 bits per heavy atom. The number of furan rings is 1. The van der Waals surface area contributed by atoms with E-state index in [-0.39, 0.29) is 22.6 Å². The maximum atomic E-state index is 12.9. The summed E-state index contributed by atoms with van der Waals surface area (Å²) in [5.74, 6) is 1.73. The summed E-state index contributed by atoms with van der Waals surface area (Å²) < 4.78 is 37.7. The Kier molecular flexibility index (Phi) is 5.95. The summed E-state index contributed by atoms with van der Waals surface area (Å²) in [4.78, 5) is 12.6. The van der Waals surface area contributed by atoms with E-state index in [9.17, 15) is 13.2 Å². The fourth-order valence-corrected chi connectivity index (χ4v) is 5.48. The lowest BCUT2D eigenvalue weighted by Crippen LogP contribution is -2.42. The van der Waals surface area contributed by atoms with E-state index in [1.54, 1.807) is 13.8 Å². The smallest absolute Gasteiger partial charge is 0.248 e. The van der Waals surface area contributed by atoms with E-state index in [4.69, 9.17) is 8.94 Å². The van der Waals surface area contributed by atoms with Gasteiger partial charge < -0.3 is 14.3 Å². The van der Waals surface area contributed by atoms with Gasteiger partial charge in [0.05, 0.1) is 6.54 Å². The number of sulfonamides is 1. The third kappa shape index (κ3) is 4.15. The molecule has 0 spiro atoms. The second-order valence-corrected chi connectivity index (χ2v) is 9.29. The standard InChI is InChI=1S/C19H27N3O5S/c1-12-5-6-17(26-12)11-20-19(23)13(2)16-7-9-22(10-8-16)28(24,25)18-14(3)21-27-15(18)4/h5-6,13,16H,7-11H2,1-4H3,(H,20,23)/t13-/m1/s1. The number of nitrogens with one attached hydrogen (secondary N) is 1. The molecule has 154 valence electrons. The molecule has 1 aliphatic heterocycles. The molecule has 3 heterocycles. The predicted molar refractivity (Wildman–Crippen MR) is 102 cm³/mol. The number of piperidine rings is 1. The van der Waals surface area contributed by atoms with Crippen molar-refractivity contribution in [2.24, 2.45) is 11.8 Å². The zero-order valence-electron chi connectivity index (χ0n) is 16.7. The van der Waals surface area contributed by atoms with Crippen molar-refractivity contribution < 1.29 is 22.2 Å². The SMILES string of the molecule is Cc1ccc(CNC(=O)[C@H](C)C2CCN(S(=O)(=O)c3c(C)noc3C)CC2)o1. The summed E-state index contributed by atoms with van der Waals surface area (Å²) in [6.45, 7) is 8.11. The average molecular weight is 410 g/mol. The van der Waals surface area contributed by atoms with Crippen LogP contribution in [0.25, 0.3) is 0 Å². The number of carbonyl (C=O) groups excluding carboxylic acids is 1. The van der Waals surface area contributed by atoms with Crippen molar-refractivity contribution in [3.8, 4) is 0 Å². The van der Waals surface area contributed by atoms with Crippen LogP contribution in [-0.4, -0.2) is 36.9 Å². The van der Waals surface area contributed by atoms with E-state index < -0.39 is 10.0 Å². The van der Waals surface area contributed by atoms with Crippen molar-refractivity contribution in [2.75, 3.05) is 13.1 Å².